The van der Waals surface area contributed by atoms with Crippen LogP contribution in [0.1, 0.15) is 6.42 Å². The fourth-order valence-electron chi connectivity index (χ4n) is 2.27. The minimum Gasteiger partial charge on any atom is -0.374 e. The summed E-state index contributed by atoms with van der Waals surface area (Å²) in [7, 11) is -2.87. The summed E-state index contributed by atoms with van der Waals surface area (Å²) in [5.41, 5.74) is 0. The lowest BCUT2D eigenvalue weighted by Gasteiger charge is -2.33. The third-order valence-corrected chi connectivity index (χ3v) is 4.33. The first-order valence-electron chi connectivity index (χ1n) is 7.06. The van der Waals surface area contributed by atoms with Crippen LogP contribution in [0.2, 0.25) is 0 Å². The van der Waals surface area contributed by atoms with Gasteiger partial charge in [0.05, 0.1) is 18.5 Å². The van der Waals surface area contributed by atoms with E-state index in [2.05, 4.69) is 20.4 Å². The van der Waals surface area contributed by atoms with E-state index < -0.39 is 9.84 Å². The highest BCUT2D eigenvalue weighted by molar-refractivity contribution is 7.90. The fraction of sp³-hybridized carbons (Fsp3) is 0.692. The third-order valence-electron chi connectivity index (χ3n) is 3.30. The predicted molar refractivity (Wildman–Crippen MR) is 81.0 cm³/mol. The van der Waals surface area contributed by atoms with E-state index in [1.807, 2.05) is 12.1 Å². The first-order valence-corrected chi connectivity index (χ1v) is 9.12. The Morgan fingerprint density at radius 3 is 3.10 bits per heavy atom. The average molecular weight is 314 g/mol. The van der Waals surface area contributed by atoms with Gasteiger partial charge in [0.2, 0.25) is 0 Å². The molecule has 1 aromatic heterocycles. The van der Waals surface area contributed by atoms with Crippen molar-refractivity contribution in [3.05, 3.63) is 18.3 Å². The van der Waals surface area contributed by atoms with Gasteiger partial charge in [-0.2, -0.15) is 5.10 Å². The minimum atomic E-state index is -2.87. The molecule has 0 aliphatic carbocycles. The second kappa shape index (κ2) is 7.67. The zero-order valence-corrected chi connectivity index (χ0v) is 13.1. The molecule has 1 atom stereocenters. The number of anilines is 1. The van der Waals surface area contributed by atoms with Crippen molar-refractivity contribution in [1.29, 1.82) is 0 Å². The van der Waals surface area contributed by atoms with Crippen LogP contribution < -0.4 is 5.32 Å². The van der Waals surface area contributed by atoms with Crippen molar-refractivity contribution >= 4 is 15.7 Å². The van der Waals surface area contributed by atoms with Crippen molar-refractivity contribution in [2.24, 2.45) is 0 Å². The van der Waals surface area contributed by atoms with E-state index in [1.165, 1.54) is 6.26 Å². The standard InChI is InChI=1S/C13H22N4O3S/c1-21(18,19)9-3-6-17-7-8-20-12(11-17)10-14-13-4-2-5-15-16-13/h2,4-5,12H,3,6-11H2,1H3,(H,14,16)/t12-/m0/s1. The van der Waals surface area contributed by atoms with Crippen molar-refractivity contribution in [3.63, 3.8) is 0 Å². The molecule has 1 saturated heterocycles. The molecule has 8 heteroatoms. The molecule has 0 saturated carbocycles. The van der Waals surface area contributed by atoms with Gasteiger partial charge in [0.25, 0.3) is 0 Å². The SMILES string of the molecule is CS(=O)(=O)CCCN1CCO[C@@H](CNc2cccnn2)C1. The maximum Gasteiger partial charge on any atom is 0.148 e. The van der Waals surface area contributed by atoms with Crippen molar-refractivity contribution < 1.29 is 13.2 Å². The summed E-state index contributed by atoms with van der Waals surface area (Å²) in [6.45, 7) is 3.79. The van der Waals surface area contributed by atoms with Gasteiger partial charge < -0.3 is 10.1 Å². The highest BCUT2D eigenvalue weighted by Gasteiger charge is 2.20. The van der Waals surface area contributed by atoms with E-state index in [1.54, 1.807) is 6.20 Å². The molecule has 0 unspecified atom stereocenters. The van der Waals surface area contributed by atoms with Gasteiger partial charge in [0.15, 0.2) is 0 Å². The largest absolute Gasteiger partial charge is 0.374 e. The summed E-state index contributed by atoms with van der Waals surface area (Å²) >= 11 is 0. The Balaban J connectivity index is 1.70. The Morgan fingerprint density at radius 2 is 2.38 bits per heavy atom. The number of hydrogen-bond donors (Lipinski definition) is 1. The lowest BCUT2D eigenvalue weighted by molar-refractivity contribution is -0.0208. The Morgan fingerprint density at radius 1 is 1.52 bits per heavy atom. The monoisotopic (exact) mass is 314 g/mol. The topological polar surface area (TPSA) is 84.4 Å². The molecule has 0 spiro atoms. The molecule has 1 N–H and O–H groups in total. The number of sulfone groups is 1. The summed E-state index contributed by atoms with van der Waals surface area (Å²) in [5.74, 6) is 0.975. The number of hydrogen-bond acceptors (Lipinski definition) is 7. The maximum absolute atomic E-state index is 11.1. The molecule has 1 aromatic rings. The molecule has 21 heavy (non-hydrogen) atoms. The molecule has 0 bridgehead atoms. The van der Waals surface area contributed by atoms with E-state index in [0.29, 0.717) is 19.6 Å². The molecule has 2 heterocycles. The molecule has 2 rings (SSSR count). The van der Waals surface area contributed by atoms with Crippen LogP contribution in [0, 0.1) is 0 Å². The number of nitrogens with one attached hydrogen (secondary N) is 1. The van der Waals surface area contributed by atoms with Gasteiger partial charge in [-0.25, -0.2) is 8.42 Å². The predicted octanol–water partition coefficient (Wildman–Crippen LogP) is 0.0240. The van der Waals surface area contributed by atoms with Crippen LogP contribution in [-0.4, -0.2) is 74.4 Å². The molecule has 1 aliphatic heterocycles. The molecular weight excluding hydrogens is 292 g/mol. The highest BCUT2D eigenvalue weighted by atomic mass is 32.2. The van der Waals surface area contributed by atoms with E-state index in [-0.39, 0.29) is 11.9 Å². The van der Waals surface area contributed by atoms with Gasteiger partial charge in [-0.05, 0) is 25.1 Å². The van der Waals surface area contributed by atoms with Crippen molar-refractivity contribution in [2.45, 2.75) is 12.5 Å². The normalized spacial score (nSPS) is 20.3. The molecule has 0 radical (unpaired) electrons. The first-order chi connectivity index (χ1) is 10.0. The van der Waals surface area contributed by atoms with Crippen LogP contribution >= 0.6 is 0 Å². The Hall–Kier alpha value is -1.25. The number of aromatic nitrogens is 2. The Kier molecular flexibility index (Phi) is 5.89. The van der Waals surface area contributed by atoms with Gasteiger partial charge >= 0.3 is 0 Å². The van der Waals surface area contributed by atoms with Gasteiger partial charge in [-0.3, -0.25) is 4.90 Å². The number of ether oxygens (including phenoxy) is 1. The van der Waals surface area contributed by atoms with E-state index in [0.717, 1.165) is 25.5 Å². The number of morpholine rings is 1. The molecule has 1 fully saturated rings. The number of nitrogens with zero attached hydrogens (tertiary/aromatic N) is 3. The zero-order chi connectivity index (χ0) is 15.1. The van der Waals surface area contributed by atoms with Crippen molar-refractivity contribution in [1.82, 2.24) is 15.1 Å². The van der Waals surface area contributed by atoms with Crippen LogP contribution in [0.25, 0.3) is 0 Å². The van der Waals surface area contributed by atoms with Gasteiger partial charge in [-0.1, -0.05) is 0 Å². The summed E-state index contributed by atoms with van der Waals surface area (Å²) in [6.07, 6.45) is 3.66. The van der Waals surface area contributed by atoms with Crippen LogP contribution in [-0.2, 0) is 14.6 Å². The zero-order valence-electron chi connectivity index (χ0n) is 12.2. The summed E-state index contributed by atoms with van der Waals surface area (Å²) in [4.78, 5) is 2.25. The maximum atomic E-state index is 11.1. The smallest absolute Gasteiger partial charge is 0.148 e. The highest BCUT2D eigenvalue weighted by Crippen LogP contribution is 2.08. The van der Waals surface area contributed by atoms with E-state index in [9.17, 15) is 8.42 Å². The van der Waals surface area contributed by atoms with Gasteiger partial charge in [0.1, 0.15) is 15.7 Å². The van der Waals surface area contributed by atoms with Gasteiger partial charge in [0, 0.05) is 32.1 Å². The van der Waals surface area contributed by atoms with E-state index >= 15 is 0 Å². The second-order valence-corrected chi connectivity index (χ2v) is 7.53. The molecule has 7 nitrogen and oxygen atoms in total. The molecule has 1 aliphatic rings. The van der Waals surface area contributed by atoms with E-state index in [4.69, 9.17) is 4.74 Å². The second-order valence-electron chi connectivity index (χ2n) is 5.27. The lowest BCUT2D eigenvalue weighted by Crippen LogP contribution is -2.45. The summed E-state index contributed by atoms with van der Waals surface area (Å²) < 4.78 is 28.0. The van der Waals surface area contributed by atoms with Crippen LogP contribution in [0.15, 0.2) is 18.3 Å². The summed E-state index contributed by atoms with van der Waals surface area (Å²) in [5, 5.41) is 11.0. The van der Waals surface area contributed by atoms with Crippen LogP contribution in [0.3, 0.4) is 0 Å². The summed E-state index contributed by atoms with van der Waals surface area (Å²) in [6, 6.07) is 3.69. The Labute approximate surface area is 125 Å². The third kappa shape index (κ3) is 6.36. The lowest BCUT2D eigenvalue weighted by atomic mass is 10.2. The quantitative estimate of drug-likeness (QED) is 0.759. The van der Waals surface area contributed by atoms with Crippen molar-refractivity contribution in [2.75, 3.05) is 50.1 Å². The molecule has 0 amide bonds. The minimum absolute atomic E-state index is 0.0824. The molecular formula is C13H22N4O3S. The average Bonchev–Trinajstić information content (AvgIpc) is 2.45. The molecule has 118 valence electrons. The molecule has 0 aromatic carbocycles. The fourth-order valence-corrected chi connectivity index (χ4v) is 2.93. The van der Waals surface area contributed by atoms with Crippen LogP contribution in [0.5, 0.6) is 0 Å². The van der Waals surface area contributed by atoms with Gasteiger partial charge in [-0.15, -0.1) is 5.10 Å². The number of rotatable bonds is 7. The van der Waals surface area contributed by atoms with Crippen molar-refractivity contribution in [3.8, 4) is 0 Å². The first kappa shape index (κ1) is 16.1. The Bertz CT molecular complexity index is 523. The van der Waals surface area contributed by atoms with Crippen LogP contribution in [0.4, 0.5) is 5.82 Å².